The van der Waals surface area contributed by atoms with E-state index in [1.165, 1.54) is 7.11 Å². The van der Waals surface area contributed by atoms with Crippen LogP contribution in [0.25, 0.3) is 0 Å². The molecule has 0 saturated carbocycles. The standard InChI is InChI=1S/C17H22N2O4/c1-10-5-4-6-11(2)12(10)9-14(17(22)23-3)19-16(21)13-7-8-15(20)18-13/h4-6,13-14H,7-9H2,1-3H3,(H,18,20)(H,19,21)/t13-,14+/m0/s1. The average Bonchev–Trinajstić information content (AvgIpc) is 2.95. The Kier molecular flexibility index (Phi) is 5.36. The number of aryl methyl sites for hydroxylation is 2. The predicted octanol–water partition coefficient (Wildman–Crippen LogP) is 0.782. The molecule has 0 aliphatic carbocycles. The van der Waals surface area contributed by atoms with E-state index in [0.717, 1.165) is 16.7 Å². The zero-order valence-corrected chi connectivity index (χ0v) is 13.6. The third-order valence-electron chi connectivity index (χ3n) is 4.17. The Labute approximate surface area is 135 Å². The average molecular weight is 318 g/mol. The quantitative estimate of drug-likeness (QED) is 0.786. The topological polar surface area (TPSA) is 84.5 Å². The molecule has 6 nitrogen and oxygen atoms in total. The summed E-state index contributed by atoms with van der Waals surface area (Å²) in [7, 11) is 1.30. The number of hydrogen-bond donors (Lipinski definition) is 2. The number of benzene rings is 1. The van der Waals surface area contributed by atoms with Gasteiger partial charge in [0.15, 0.2) is 0 Å². The summed E-state index contributed by atoms with van der Waals surface area (Å²) in [5.74, 6) is -0.989. The van der Waals surface area contributed by atoms with Crippen molar-refractivity contribution in [3.8, 4) is 0 Å². The molecule has 2 N–H and O–H groups in total. The third kappa shape index (κ3) is 4.09. The highest BCUT2D eigenvalue weighted by molar-refractivity contribution is 5.93. The molecular formula is C17H22N2O4. The van der Waals surface area contributed by atoms with Gasteiger partial charge < -0.3 is 15.4 Å². The SMILES string of the molecule is COC(=O)[C@@H](Cc1c(C)cccc1C)NC(=O)[C@@H]1CCC(=O)N1. The molecule has 1 aromatic carbocycles. The predicted molar refractivity (Wildman–Crippen MR) is 84.7 cm³/mol. The van der Waals surface area contributed by atoms with Gasteiger partial charge in [0, 0.05) is 12.8 Å². The molecule has 0 aromatic heterocycles. The first-order valence-electron chi connectivity index (χ1n) is 7.65. The first-order valence-corrected chi connectivity index (χ1v) is 7.65. The van der Waals surface area contributed by atoms with Crippen LogP contribution >= 0.6 is 0 Å². The molecule has 23 heavy (non-hydrogen) atoms. The van der Waals surface area contributed by atoms with E-state index in [-0.39, 0.29) is 11.8 Å². The minimum atomic E-state index is -0.773. The van der Waals surface area contributed by atoms with Crippen molar-refractivity contribution in [3.05, 3.63) is 34.9 Å². The molecule has 2 rings (SSSR count). The van der Waals surface area contributed by atoms with Crippen molar-refractivity contribution in [2.24, 2.45) is 0 Å². The Morgan fingerprint density at radius 1 is 1.35 bits per heavy atom. The zero-order valence-electron chi connectivity index (χ0n) is 13.6. The fraction of sp³-hybridized carbons (Fsp3) is 0.471. The van der Waals surface area contributed by atoms with E-state index in [4.69, 9.17) is 4.74 Å². The number of carbonyl (C=O) groups excluding carboxylic acids is 3. The maximum Gasteiger partial charge on any atom is 0.328 e. The molecular weight excluding hydrogens is 296 g/mol. The van der Waals surface area contributed by atoms with Crippen LogP contribution in [0, 0.1) is 13.8 Å². The Bertz CT molecular complexity index is 607. The fourth-order valence-electron chi connectivity index (χ4n) is 2.79. The van der Waals surface area contributed by atoms with Crippen LogP contribution in [0.5, 0.6) is 0 Å². The van der Waals surface area contributed by atoms with Gasteiger partial charge in [-0.1, -0.05) is 18.2 Å². The first-order chi connectivity index (χ1) is 10.9. The summed E-state index contributed by atoms with van der Waals surface area (Å²) in [5.41, 5.74) is 3.13. The summed E-state index contributed by atoms with van der Waals surface area (Å²) in [4.78, 5) is 35.5. The van der Waals surface area contributed by atoms with Crippen LogP contribution in [-0.4, -0.2) is 37.0 Å². The monoisotopic (exact) mass is 318 g/mol. The molecule has 6 heteroatoms. The maximum atomic E-state index is 12.2. The van der Waals surface area contributed by atoms with Crippen LogP contribution < -0.4 is 10.6 Å². The highest BCUT2D eigenvalue weighted by atomic mass is 16.5. The van der Waals surface area contributed by atoms with Crippen molar-refractivity contribution < 1.29 is 19.1 Å². The van der Waals surface area contributed by atoms with Crippen LogP contribution in [0.15, 0.2) is 18.2 Å². The summed E-state index contributed by atoms with van der Waals surface area (Å²) in [6.45, 7) is 3.94. The highest BCUT2D eigenvalue weighted by Gasteiger charge is 2.31. The van der Waals surface area contributed by atoms with E-state index in [0.29, 0.717) is 19.3 Å². The van der Waals surface area contributed by atoms with Crippen molar-refractivity contribution in [2.75, 3.05) is 7.11 Å². The Morgan fingerprint density at radius 2 is 2.00 bits per heavy atom. The van der Waals surface area contributed by atoms with E-state index in [1.807, 2.05) is 32.0 Å². The summed E-state index contributed by atoms with van der Waals surface area (Å²) in [6, 6.07) is 4.54. The fourth-order valence-corrected chi connectivity index (χ4v) is 2.79. The van der Waals surface area contributed by atoms with Crippen LogP contribution in [0.2, 0.25) is 0 Å². The number of carbonyl (C=O) groups is 3. The zero-order chi connectivity index (χ0) is 17.0. The molecule has 1 aliphatic rings. The molecule has 1 fully saturated rings. The number of nitrogens with one attached hydrogen (secondary N) is 2. The van der Waals surface area contributed by atoms with Gasteiger partial charge in [0.2, 0.25) is 11.8 Å². The number of rotatable bonds is 5. The molecule has 124 valence electrons. The van der Waals surface area contributed by atoms with Crippen molar-refractivity contribution in [3.63, 3.8) is 0 Å². The first kappa shape index (κ1) is 17.0. The van der Waals surface area contributed by atoms with Crippen molar-refractivity contribution >= 4 is 17.8 Å². The van der Waals surface area contributed by atoms with Crippen LogP contribution in [0.4, 0.5) is 0 Å². The number of hydrogen-bond acceptors (Lipinski definition) is 4. The van der Waals surface area contributed by atoms with Crippen LogP contribution in [0.1, 0.15) is 29.5 Å². The van der Waals surface area contributed by atoms with Crippen molar-refractivity contribution in [2.45, 2.75) is 45.2 Å². The van der Waals surface area contributed by atoms with E-state index in [1.54, 1.807) is 0 Å². The molecule has 1 aromatic rings. The van der Waals surface area contributed by atoms with Gasteiger partial charge in [-0.05, 0) is 37.0 Å². The van der Waals surface area contributed by atoms with Crippen molar-refractivity contribution in [1.82, 2.24) is 10.6 Å². The molecule has 0 bridgehead atoms. The minimum absolute atomic E-state index is 0.144. The number of esters is 1. The summed E-state index contributed by atoms with van der Waals surface area (Å²) in [5, 5.41) is 5.30. The van der Waals surface area contributed by atoms with Gasteiger partial charge >= 0.3 is 5.97 Å². The molecule has 0 spiro atoms. The molecule has 1 saturated heterocycles. The summed E-state index contributed by atoms with van der Waals surface area (Å²) in [6.07, 6.45) is 1.14. The number of amides is 2. The molecule has 2 amide bonds. The summed E-state index contributed by atoms with van der Waals surface area (Å²) < 4.78 is 4.81. The lowest BCUT2D eigenvalue weighted by Crippen LogP contribution is -2.50. The Balaban J connectivity index is 2.13. The lowest BCUT2D eigenvalue weighted by molar-refractivity contribution is -0.145. The molecule has 0 unspecified atom stereocenters. The normalized spacial score (nSPS) is 18.2. The third-order valence-corrected chi connectivity index (χ3v) is 4.17. The Morgan fingerprint density at radius 3 is 2.52 bits per heavy atom. The van der Waals surface area contributed by atoms with Gasteiger partial charge in [-0.15, -0.1) is 0 Å². The highest BCUT2D eigenvalue weighted by Crippen LogP contribution is 2.16. The molecule has 1 aliphatic heterocycles. The van der Waals surface area contributed by atoms with Gasteiger partial charge in [-0.3, -0.25) is 9.59 Å². The minimum Gasteiger partial charge on any atom is -0.467 e. The van der Waals surface area contributed by atoms with Gasteiger partial charge in [0.05, 0.1) is 7.11 Å². The van der Waals surface area contributed by atoms with Gasteiger partial charge in [-0.25, -0.2) is 4.79 Å². The smallest absolute Gasteiger partial charge is 0.328 e. The summed E-state index contributed by atoms with van der Waals surface area (Å²) >= 11 is 0. The van der Waals surface area contributed by atoms with Gasteiger partial charge in [-0.2, -0.15) is 0 Å². The van der Waals surface area contributed by atoms with E-state index < -0.39 is 18.1 Å². The van der Waals surface area contributed by atoms with Gasteiger partial charge in [0.25, 0.3) is 0 Å². The van der Waals surface area contributed by atoms with Crippen LogP contribution in [-0.2, 0) is 25.5 Å². The second-order valence-corrected chi connectivity index (χ2v) is 5.82. The lowest BCUT2D eigenvalue weighted by Gasteiger charge is -2.20. The maximum absolute atomic E-state index is 12.2. The second kappa shape index (κ2) is 7.26. The number of ether oxygens (including phenoxy) is 1. The van der Waals surface area contributed by atoms with Crippen molar-refractivity contribution in [1.29, 1.82) is 0 Å². The molecule has 1 heterocycles. The number of methoxy groups -OCH3 is 1. The van der Waals surface area contributed by atoms with E-state index in [2.05, 4.69) is 10.6 Å². The molecule has 0 radical (unpaired) electrons. The second-order valence-electron chi connectivity index (χ2n) is 5.82. The van der Waals surface area contributed by atoms with Crippen LogP contribution in [0.3, 0.4) is 0 Å². The van der Waals surface area contributed by atoms with E-state index in [9.17, 15) is 14.4 Å². The van der Waals surface area contributed by atoms with E-state index >= 15 is 0 Å². The largest absolute Gasteiger partial charge is 0.467 e. The Hall–Kier alpha value is -2.37. The lowest BCUT2D eigenvalue weighted by atomic mass is 9.96. The van der Waals surface area contributed by atoms with Gasteiger partial charge in [0.1, 0.15) is 12.1 Å². The molecule has 2 atom stereocenters.